The van der Waals surface area contributed by atoms with Gasteiger partial charge in [0.1, 0.15) is 5.69 Å². The first-order valence-corrected chi connectivity index (χ1v) is 7.93. The number of carboxylic acid groups (broad SMARTS) is 1. The van der Waals surface area contributed by atoms with Crippen molar-refractivity contribution in [1.82, 2.24) is 10.3 Å². The molecule has 3 aromatic rings. The molecule has 1 atom stereocenters. The highest BCUT2D eigenvalue weighted by atomic mass is 32.1. The number of carbonyl (C=O) groups is 2. The molecule has 2 aromatic heterocycles. The van der Waals surface area contributed by atoms with Gasteiger partial charge in [0.2, 0.25) is 0 Å². The molecule has 0 radical (unpaired) electrons. The van der Waals surface area contributed by atoms with E-state index >= 15 is 0 Å². The lowest BCUT2D eigenvalue weighted by molar-refractivity contribution is -0.137. The quantitative estimate of drug-likeness (QED) is 0.754. The fraction of sp³-hybridized carbons (Fsp3) is 0.118. The minimum Gasteiger partial charge on any atom is -0.481 e. The summed E-state index contributed by atoms with van der Waals surface area (Å²) in [5, 5.41) is 14.6. The summed E-state index contributed by atoms with van der Waals surface area (Å²) in [5.41, 5.74) is 1.00. The molecular weight excluding hydrogens is 312 g/mol. The van der Waals surface area contributed by atoms with E-state index in [2.05, 4.69) is 10.3 Å². The summed E-state index contributed by atoms with van der Waals surface area (Å²) in [4.78, 5) is 28.6. The third kappa shape index (κ3) is 3.54. The molecule has 3 rings (SSSR count). The Hall–Kier alpha value is -2.73. The van der Waals surface area contributed by atoms with Crippen LogP contribution in [0.3, 0.4) is 0 Å². The predicted molar refractivity (Wildman–Crippen MR) is 88.5 cm³/mol. The van der Waals surface area contributed by atoms with Crippen molar-refractivity contribution in [2.45, 2.75) is 12.5 Å². The maximum Gasteiger partial charge on any atom is 0.305 e. The smallest absolute Gasteiger partial charge is 0.305 e. The molecule has 0 aliphatic rings. The van der Waals surface area contributed by atoms with Gasteiger partial charge in [-0.25, -0.2) is 4.98 Å². The summed E-state index contributed by atoms with van der Waals surface area (Å²) in [6, 6.07) is 14.1. The zero-order chi connectivity index (χ0) is 16.2. The van der Waals surface area contributed by atoms with E-state index in [1.165, 1.54) is 11.3 Å². The van der Waals surface area contributed by atoms with E-state index in [0.717, 1.165) is 15.8 Å². The Morgan fingerprint density at radius 3 is 2.70 bits per heavy atom. The number of amides is 1. The second-order valence-electron chi connectivity index (χ2n) is 5.03. The fourth-order valence-electron chi connectivity index (χ4n) is 2.31. The Labute approximate surface area is 136 Å². The number of pyridine rings is 1. The molecule has 0 spiro atoms. The number of nitrogens with zero attached hydrogens (tertiary/aromatic N) is 1. The van der Waals surface area contributed by atoms with Crippen molar-refractivity contribution in [3.63, 3.8) is 0 Å². The summed E-state index contributed by atoms with van der Waals surface area (Å²) in [7, 11) is 0. The third-order valence-corrected chi connectivity index (χ3v) is 4.39. The highest BCUT2D eigenvalue weighted by molar-refractivity contribution is 7.10. The zero-order valence-electron chi connectivity index (χ0n) is 12.1. The van der Waals surface area contributed by atoms with Gasteiger partial charge in [-0.3, -0.25) is 9.59 Å². The van der Waals surface area contributed by atoms with Crippen molar-refractivity contribution in [3.05, 3.63) is 64.5 Å². The van der Waals surface area contributed by atoms with Crippen molar-refractivity contribution in [2.24, 2.45) is 0 Å². The molecule has 0 aliphatic carbocycles. The maximum atomic E-state index is 12.4. The van der Waals surface area contributed by atoms with Gasteiger partial charge in [0.05, 0.1) is 18.0 Å². The topological polar surface area (TPSA) is 79.3 Å². The Balaban J connectivity index is 1.83. The first-order valence-electron chi connectivity index (χ1n) is 7.05. The molecule has 0 fully saturated rings. The normalized spacial score (nSPS) is 12.0. The number of carboxylic acids is 1. The molecule has 116 valence electrons. The van der Waals surface area contributed by atoms with E-state index in [-0.39, 0.29) is 18.0 Å². The van der Waals surface area contributed by atoms with E-state index < -0.39 is 12.0 Å². The molecule has 2 heterocycles. The average molecular weight is 326 g/mol. The second-order valence-corrected chi connectivity index (χ2v) is 6.01. The van der Waals surface area contributed by atoms with Crippen molar-refractivity contribution in [2.75, 3.05) is 0 Å². The van der Waals surface area contributed by atoms with Gasteiger partial charge in [-0.05, 0) is 23.6 Å². The van der Waals surface area contributed by atoms with Gasteiger partial charge < -0.3 is 10.4 Å². The van der Waals surface area contributed by atoms with Crippen LogP contribution in [0.5, 0.6) is 0 Å². The summed E-state index contributed by atoms with van der Waals surface area (Å²) >= 11 is 1.41. The van der Waals surface area contributed by atoms with Gasteiger partial charge >= 0.3 is 5.97 Å². The molecule has 0 bridgehead atoms. The molecule has 0 aliphatic heterocycles. The number of nitrogens with one attached hydrogen (secondary N) is 1. The number of para-hydroxylation sites is 1. The second kappa shape index (κ2) is 6.58. The van der Waals surface area contributed by atoms with Crippen molar-refractivity contribution in [1.29, 1.82) is 0 Å². The van der Waals surface area contributed by atoms with Gasteiger partial charge in [0.15, 0.2) is 0 Å². The highest BCUT2D eigenvalue weighted by Gasteiger charge is 2.20. The predicted octanol–water partition coefficient (Wildman–Crippen LogP) is 3.24. The van der Waals surface area contributed by atoms with Crippen LogP contribution in [0.1, 0.15) is 27.8 Å². The number of rotatable bonds is 5. The summed E-state index contributed by atoms with van der Waals surface area (Å²) < 4.78 is 0. The van der Waals surface area contributed by atoms with Gasteiger partial charge in [-0.2, -0.15) is 0 Å². The minimum atomic E-state index is -0.963. The van der Waals surface area contributed by atoms with Crippen LogP contribution in [0.15, 0.2) is 53.9 Å². The maximum absolute atomic E-state index is 12.4. The number of aromatic nitrogens is 1. The van der Waals surface area contributed by atoms with Crippen LogP contribution in [-0.2, 0) is 4.79 Å². The Bertz CT molecular complexity index is 846. The monoisotopic (exact) mass is 326 g/mol. The first kappa shape index (κ1) is 15.2. The lowest BCUT2D eigenvalue weighted by Crippen LogP contribution is -2.30. The SMILES string of the molecule is O=C(O)CC(NC(=O)c1ccc2ccccc2n1)c1cccs1. The zero-order valence-corrected chi connectivity index (χ0v) is 12.9. The fourth-order valence-corrected chi connectivity index (χ4v) is 3.09. The van der Waals surface area contributed by atoms with Crippen LogP contribution in [0.2, 0.25) is 0 Å². The molecule has 2 N–H and O–H groups in total. The van der Waals surface area contributed by atoms with Crippen LogP contribution < -0.4 is 5.32 Å². The van der Waals surface area contributed by atoms with Crippen LogP contribution in [-0.4, -0.2) is 22.0 Å². The van der Waals surface area contributed by atoms with E-state index in [0.29, 0.717) is 0 Å². The molecule has 1 aromatic carbocycles. The summed E-state index contributed by atoms with van der Waals surface area (Å²) in [5.74, 6) is -1.34. The van der Waals surface area contributed by atoms with E-state index in [1.807, 2.05) is 47.8 Å². The number of thiophene rings is 1. The standard InChI is InChI=1S/C17H14N2O3S/c20-16(21)10-14(15-6-3-9-23-15)19-17(22)13-8-7-11-4-1-2-5-12(11)18-13/h1-9,14H,10H2,(H,19,22)(H,20,21). The van der Waals surface area contributed by atoms with Crippen LogP contribution in [0.25, 0.3) is 10.9 Å². The number of fused-ring (bicyclic) bond motifs is 1. The summed E-state index contributed by atoms with van der Waals surface area (Å²) in [6.07, 6.45) is -0.167. The molecular formula is C17H14N2O3S. The number of hydrogen-bond donors (Lipinski definition) is 2. The van der Waals surface area contributed by atoms with Gasteiger partial charge in [0.25, 0.3) is 5.91 Å². The largest absolute Gasteiger partial charge is 0.481 e. The van der Waals surface area contributed by atoms with Crippen molar-refractivity contribution in [3.8, 4) is 0 Å². The third-order valence-electron chi connectivity index (χ3n) is 3.40. The number of aliphatic carboxylic acids is 1. The molecule has 1 unspecified atom stereocenters. The molecule has 23 heavy (non-hydrogen) atoms. The average Bonchev–Trinajstić information content (AvgIpc) is 3.07. The van der Waals surface area contributed by atoms with Gasteiger partial charge in [0, 0.05) is 10.3 Å². The Morgan fingerprint density at radius 2 is 1.96 bits per heavy atom. The van der Waals surface area contributed by atoms with E-state index in [9.17, 15) is 9.59 Å². The first-order chi connectivity index (χ1) is 11.1. The Morgan fingerprint density at radius 1 is 1.13 bits per heavy atom. The van der Waals surface area contributed by atoms with E-state index in [4.69, 9.17) is 5.11 Å². The number of hydrogen-bond acceptors (Lipinski definition) is 4. The van der Waals surface area contributed by atoms with Crippen molar-refractivity contribution < 1.29 is 14.7 Å². The summed E-state index contributed by atoms with van der Waals surface area (Å²) in [6.45, 7) is 0. The Kier molecular flexibility index (Phi) is 4.34. The van der Waals surface area contributed by atoms with Gasteiger partial charge in [-0.15, -0.1) is 11.3 Å². The molecule has 6 heteroatoms. The van der Waals surface area contributed by atoms with Crippen LogP contribution >= 0.6 is 11.3 Å². The number of benzene rings is 1. The van der Waals surface area contributed by atoms with Crippen LogP contribution in [0.4, 0.5) is 0 Å². The van der Waals surface area contributed by atoms with Gasteiger partial charge in [-0.1, -0.05) is 30.3 Å². The number of carbonyl (C=O) groups excluding carboxylic acids is 1. The lowest BCUT2D eigenvalue weighted by atomic mass is 10.1. The highest BCUT2D eigenvalue weighted by Crippen LogP contribution is 2.22. The molecule has 0 saturated carbocycles. The van der Waals surface area contributed by atoms with Crippen molar-refractivity contribution >= 4 is 34.1 Å². The molecule has 5 nitrogen and oxygen atoms in total. The molecule has 0 saturated heterocycles. The van der Waals surface area contributed by atoms with Crippen LogP contribution in [0, 0.1) is 0 Å². The molecule has 1 amide bonds. The van der Waals surface area contributed by atoms with E-state index in [1.54, 1.807) is 6.07 Å². The lowest BCUT2D eigenvalue weighted by Gasteiger charge is -2.15. The minimum absolute atomic E-state index is 0.167.